The highest BCUT2D eigenvalue weighted by Crippen LogP contribution is 2.25. The fraction of sp³-hybridized carbons (Fsp3) is 0.333. The molecule has 0 unspecified atom stereocenters. The first-order chi connectivity index (χ1) is 10.2. The molecule has 1 heterocycles. The number of nitrogens with one attached hydrogen (secondary N) is 2. The number of nitrogens with zero attached hydrogens (tertiary/aromatic N) is 2. The van der Waals surface area contributed by atoms with Crippen LogP contribution in [-0.2, 0) is 4.74 Å². The van der Waals surface area contributed by atoms with E-state index in [1.807, 2.05) is 37.3 Å². The summed E-state index contributed by atoms with van der Waals surface area (Å²) in [6.45, 7) is 3.43. The minimum absolute atomic E-state index is 0.723. The molecular formula is C15H19BrN4O. The average molecular weight is 351 g/mol. The Kier molecular flexibility index (Phi) is 5.95. The summed E-state index contributed by atoms with van der Waals surface area (Å²) in [5.41, 5.74) is 0.973. The summed E-state index contributed by atoms with van der Waals surface area (Å²) in [7, 11) is 1.70. The average Bonchev–Trinajstić information content (AvgIpc) is 2.46. The maximum Gasteiger partial charge on any atom is 0.136 e. The molecular weight excluding hydrogens is 332 g/mol. The van der Waals surface area contributed by atoms with Crippen molar-refractivity contribution in [2.24, 2.45) is 0 Å². The maximum absolute atomic E-state index is 5.03. The molecule has 0 fully saturated rings. The fourth-order valence-corrected chi connectivity index (χ4v) is 2.24. The lowest BCUT2D eigenvalue weighted by Gasteiger charge is -2.11. The van der Waals surface area contributed by atoms with E-state index in [1.54, 1.807) is 7.11 Å². The van der Waals surface area contributed by atoms with E-state index in [-0.39, 0.29) is 0 Å². The number of halogens is 1. The largest absolute Gasteiger partial charge is 0.385 e. The van der Waals surface area contributed by atoms with Crippen molar-refractivity contribution in [1.29, 1.82) is 0 Å². The highest BCUT2D eigenvalue weighted by molar-refractivity contribution is 9.10. The summed E-state index contributed by atoms with van der Waals surface area (Å²) in [5.74, 6) is 2.30. The molecule has 2 N–H and O–H groups in total. The van der Waals surface area contributed by atoms with Crippen LogP contribution < -0.4 is 10.6 Å². The third-order valence-electron chi connectivity index (χ3n) is 2.81. The summed E-state index contributed by atoms with van der Waals surface area (Å²) >= 11 is 3.51. The van der Waals surface area contributed by atoms with Gasteiger partial charge in [-0.15, -0.1) is 0 Å². The topological polar surface area (TPSA) is 59.1 Å². The van der Waals surface area contributed by atoms with Crippen LogP contribution in [0.5, 0.6) is 0 Å². The van der Waals surface area contributed by atoms with Crippen LogP contribution in [0.1, 0.15) is 12.2 Å². The lowest BCUT2D eigenvalue weighted by Crippen LogP contribution is -2.08. The predicted molar refractivity (Wildman–Crippen MR) is 89.2 cm³/mol. The molecule has 0 amide bonds. The van der Waals surface area contributed by atoms with E-state index in [2.05, 4.69) is 36.5 Å². The fourth-order valence-electron chi connectivity index (χ4n) is 1.86. The van der Waals surface area contributed by atoms with Crippen molar-refractivity contribution in [3.63, 3.8) is 0 Å². The number of aryl methyl sites for hydroxylation is 1. The van der Waals surface area contributed by atoms with Gasteiger partial charge in [-0.1, -0.05) is 12.1 Å². The van der Waals surface area contributed by atoms with Gasteiger partial charge in [0.2, 0.25) is 0 Å². The van der Waals surface area contributed by atoms with Gasteiger partial charge >= 0.3 is 0 Å². The highest BCUT2D eigenvalue weighted by atomic mass is 79.9. The number of ether oxygens (including phenoxy) is 1. The minimum Gasteiger partial charge on any atom is -0.385 e. The molecule has 112 valence electrons. The van der Waals surface area contributed by atoms with Crippen LogP contribution in [0.2, 0.25) is 0 Å². The van der Waals surface area contributed by atoms with Crippen LogP contribution >= 0.6 is 15.9 Å². The molecule has 2 rings (SSSR count). The van der Waals surface area contributed by atoms with E-state index in [0.717, 1.165) is 47.2 Å². The quantitative estimate of drug-likeness (QED) is 0.745. The van der Waals surface area contributed by atoms with Crippen molar-refractivity contribution in [1.82, 2.24) is 9.97 Å². The molecule has 0 spiro atoms. The maximum atomic E-state index is 5.03. The molecule has 0 saturated heterocycles. The Bertz CT molecular complexity index is 592. The number of hydrogen-bond donors (Lipinski definition) is 2. The first-order valence-corrected chi connectivity index (χ1v) is 7.58. The minimum atomic E-state index is 0.723. The summed E-state index contributed by atoms with van der Waals surface area (Å²) in [4.78, 5) is 8.79. The molecule has 2 aromatic rings. The van der Waals surface area contributed by atoms with Crippen molar-refractivity contribution >= 4 is 33.3 Å². The number of methoxy groups -OCH3 is 1. The number of rotatable bonds is 7. The van der Waals surface area contributed by atoms with Crippen LogP contribution in [0.15, 0.2) is 34.8 Å². The highest BCUT2D eigenvalue weighted by Gasteiger charge is 2.04. The number of hydrogen-bond acceptors (Lipinski definition) is 5. The molecule has 0 bridgehead atoms. The Hall–Kier alpha value is -1.66. The van der Waals surface area contributed by atoms with E-state index >= 15 is 0 Å². The summed E-state index contributed by atoms with van der Waals surface area (Å²) in [5, 5.41) is 6.57. The van der Waals surface area contributed by atoms with E-state index in [1.165, 1.54) is 0 Å². The van der Waals surface area contributed by atoms with E-state index < -0.39 is 0 Å². The number of aromatic nitrogens is 2. The van der Waals surface area contributed by atoms with E-state index in [4.69, 9.17) is 4.74 Å². The van der Waals surface area contributed by atoms with Gasteiger partial charge in [0.25, 0.3) is 0 Å². The van der Waals surface area contributed by atoms with Gasteiger partial charge in [0.1, 0.15) is 17.5 Å². The third-order valence-corrected chi connectivity index (χ3v) is 3.50. The molecule has 0 atom stereocenters. The van der Waals surface area contributed by atoms with Crippen LogP contribution in [-0.4, -0.2) is 30.2 Å². The lowest BCUT2D eigenvalue weighted by atomic mass is 10.3. The van der Waals surface area contributed by atoms with Gasteiger partial charge in [-0.3, -0.25) is 0 Å². The van der Waals surface area contributed by atoms with Crippen LogP contribution in [0.25, 0.3) is 0 Å². The smallest absolute Gasteiger partial charge is 0.136 e. The molecule has 0 saturated carbocycles. The molecule has 6 heteroatoms. The Balaban J connectivity index is 2.06. The second-order valence-electron chi connectivity index (χ2n) is 4.56. The number of benzene rings is 1. The summed E-state index contributed by atoms with van der Waals surface area (Å²) in [6.07, 6.45) is 0.937. The molecule has 1 aromatic carbocycles. The standard InChI is InChI=1S/C15H19BrN4O/c1-11-18-14(17-8-5-9-21-2)10-15(19-11)20-13-7-4-3-6-12(13)16/h3-4,6-7,10H,5,8-9H2,1-2H3,(H2,17,18,19,20). The van der Waals surface area contributed by atoms with Gasteiger partial charge in [-0.05, 0) is 41.4 Å². The van der Waals surface area contributed by atoms with Gasteiger partial charge in [0.05, 0.1) is 5.69 Å². The Morgan fingerprint density at radius 3 is 2.71 bits per heavy atom. The van der Waals surface area contributed by atoms with E-state index in [9.17, 15) is 0 Å². The van der Waals surface area contributed by atoms with Gasteiger partial charge in [0.15, 0.2) is 0 Å². The third kappa shape index (κ3) is 4.99. The Labute approximate surface area is 133 Å². The number of para-hydroxylation sites is 1. The molecule has 5 nitrogen and oxygen atoms in total. The zero-order valence-corrected chi connectivity index (χ0v) is 13.8. The summed E-state index contributed by atoms with van der Waals surface area (Å²) < 4.78 is 6.03. The molecule has 0 radical (unpaired) electrons. The van der Waals surface area contributed by atoms with Crippen LogP contribution in [0, 0.1) is 6.92 Å². The monoisotopic (exact) mass is 350 g/mol. The van der Waals surface area contributed by atoms with E-state index in [0.29, 0.717) is 0 Å². The normalized spacial score (nSPS) is 10.4. The molecule has 21 heavy (non-hydrogen) atoms. The SMILES string of the molecule is COCCCNc1cc(Nc2ccccc2Br)nc(C)n1. The first-order valence-electron chi connectivity index (χ1n) is 6.79. The van der Waals surface area contributed by atoms with Crippen LogP contribution in [0.4, 0.5) is 17.3 Å². The van der Waals surface area contributed by atoms with Crippen molar-refractivity contribution in [3.8, 4) is 0 Å². The van der Waals surface area contributed by atoms with Gasteiger partial charge < -0.3 is 15.4 Å². The zero-order chi connectivity index (χ0) is 15.1. The lowest BCUT2D eigenvalue weighted by molar-refractivity contribution is 0.198. The van der Waals surface area contributed by atoms with Crippen molar-refractivity contribution in [2.75, 3.05) is 30.9 Å². The second kappa shape index (κ2) is 7.95. The zero-order valence-electron chi connectivity index (χ0n) is 12.2. The first kappa shape index (κ1) is 15.7. The van der Waals surface area contributed by atoms with Crippen molar-refractivity contribution < 1.29 is 4.74 Å². The Morgan fingerprint density at radius 1 is 1.19 bits per heavy atom. The Morgan fingerprint density at radius 2 is 1.95 bits per heavy atom. The van der Waals surface area contributed by atoms with Crippen LogP contribution in [0.3, 0.4) is 0 Å². The number of anilines is 3. The molecule has 0 aliphatic rings. The predicted octanol–water partition coefficient (Wildman–Crippen LogP) is 3.74. The van der Waals surface area contributed by atoms with Crippen molar-refractivity contribution in [2.45, 2.75) is 13.3 Å². The van der Waals surface area contributed by atoms with Gasteiger partial charge in [-0.25, -0.2) is 9.97 Å². The van der Waals surface area contributed by atoms with Gasteiger partial charge in [-0.2, -0.15) is 0 Å². The summed E-state index contributed by atoms with van der Waals surface area (Å²) in [6, 6.07) is 9.83. The van der Waals surface area contributed by atoms with Crippen molar-refractivity contribution in [3.05, 3.63) is 40.6 Å². The molecule has 0 aliphatic heterocycles. The van der Waals surface area contributed by atoms with Gasteiger partial charge in [0, 0.05) is 30.8 Å². The molecule has 0 aliphatic carbocycles. The molecule has 1 aromatic heterocycles. The second-order valence-corrected chi connectivity index (χ2v) is 5.42.